The molecule has 2 aliphatic rings. The van der Waals surface area contributed by atoms with Gasteiger partial charge in [0.2, 0.25) is 0 Å². The summed E-state index contributed by atoms with van der Waals surface area (Å²) >= 11 is 0. The van der Waals surface area contributed by atoms with E-state index in [0.717, 1.165) is 12.8 Å². The van der Waals surface area contributed by atoms with Gasteiger partial charge in [-0.2, -0.15) is 0 Å². The fraction of sp³-hybridized carbons (Fsp3) is 0.750. The highest BCUT2D eigenvalue weighted by Crippen LogP contribution is 2.43. The third kappa shape index (κ3) is 2.01. The van der Waals surface area contributed by atoms with Crippen LogP contribution in [-0.2, 0) is 14.3 Å². The third-order valence-electron chi connectivity index (χ3n) is 3.87. The van der Waals surface area contributed by atoms with Crippen LogP contribution in [0.1, 0.15) is 32.1 Å². The molecular formula is C12H17NO5. The van der Waals surface area contributed by atoms with Crippen LogP contribution >= 0.6 is 0 Å². The Kier molecular flexibility index (Phi) is 3.65. The van der Waals surface area contributed by atoms with Crippen LogP contribution in [-0.4, -0.2) is 36.3 Å². The van der Waals surface area contributed by atoms with Crippen molar-refractivity contribution in [3.8, 4) is 0 Å². The zero-order chi connectivity index (χ0) is 13.2. The van der Waals surface area contributed by atoms with Gasteiger partial charge in [-0.1, -0.05) is 6.42 Å². The molecule has 1 aliphatic carbocycles. The van der Waals surface area contributed by atoms with E-state index in [0.29, 0.717) is 31.4 Å². The Balaban J connectivity index is 2.40. The number of ether oxygens (including phenoxy) is 2. The van der Waals surface area contributed by atoms with Crippen LogP contribution in [0.25, 0.3) is 0 Å². The van der Waals surface area contributed by atoms with Crippen molar-refractivity contribution >= 4 is 5.97 Å². The second kappa shape index (κ2) is 5.06. The van der Waals surface area contributed by atoms with Gasteiger partial charge in [-0.15, -0.1) is 0 Å². The Morgan fingerprint density at radius 2 is 2.39 bits per heavy atom. The van der Waals surface area contributed by atoms with E-state index in [1.165, 1.54) is 13.2 Å². The quantitative estimate of drug-likeness (QED) is 0.323. The molecule has 0 unspecified atom stereocenters. The number of fused-ring (bicyclic) bond motifs is 1. The van der Waals surface area contributed by atoms with Gasteiger partial charge in [0.05, 0.1) is 13.7 Å². The molecule has 2 atom stereocenters. The van der Waals surface area contributed by atoms with Gasteiger partial charge in [0.25, 0.3) is 5.54 Å². The highest BCUT2D eigenvalue weighted by molar-refractivity contribution is 5.83. The summed E-state index contributed by atoms with van der Waals surface area (Å²) in [5.41, 5.74) is -0.666. The summed E-state index contributed by atoms with van der Waals surface area (Å²) in [6, 6.07) is 0. The predicted octanol–water partition coefficient (Wildman–Crippen LogP) is 1.46. The molecule has 0 aromatic rings. The Morgan fingerprint density at radius 1 is 1.61 bits per heavy atom. The number of nitrogens with zero attached hydrogens (tertiary/aromatic N) is 1. The number of hydrogen-bond acceptors (Lipinski definition) is 5. The lowest BCUT2D eigenvalue weighted by atomic mass is 9.72. The molecule has 100 valence electrons. The van der Waals surface area contributed by atoms with E-state index in [1.54, 1.807) is 0 Å². The van der Waals surface area contributed by atoms with Gasteiger partial charge in [-0.25, -0.2) is 4.79 Å². The normalized spacial score (nSPS) is 33.8. The van der Waals surface area contributed by atoms with E-state index in [4.69, 9.17) is 4.74 Å². The average Bonchev–Trinajstić information content (AvgIpc) is 2.38. The minimum Gasteiger partial charge on any atom is -0.466 e. The number of carbonyl (C=O) groups excluding carboxylic acids is 1. The smallest absolute Gasteiger partial charge is 0.330 e. The summed E-state index contributed by atoms with van der Waals surface area (Å²) in [5.74, 6) is -0.530. The van der Waals surface area contributed by atoms with Gasteiger partial charge in [0.15, 0.2) is 0 Å². The second-order valence-corrected chi connectivity index (χ2v) is 4.73. The van der Waals surface area contributed by atoms with Gasteiger partial charge < -0.3 is 9.47 Å². The average molecular weight is 255 g/mol. The van der Waals surface area contributed by atoms with Crippen molar-refractivity contribution in [3.63, 3.8) is 0 Å². The molecule has 1 heterocycles. The molecule has 0 aromatic carbocycles. The maximum atomic E-state index is 11.5. The van der Waals surface area contributed by atoms with Crippen molar-refractivity contribution < 1.29 is 19.2 Å². The summed E-state index contributed by atoms with van der Waals surface area (Å²) in [4.78, 5) is 22.6. The number of rotatable bonds is 2. The van der Waals surface area contributed by atoms with E-state index < -0.39 is 17.6 Å². The first-order chi connectivity index (χ1) is 8.61. The largest absolute Gasteiger partial charge is 0.466 e. The Bertz CT molecular complexity index is 390. The molecule has 1 saturated carbocycles. The lowest BCUT2D eigenvalue weighted by Gasteiger charge is -2.41. The number of carbonyl (C=O) groups is 1. The van der Waals surface area contributed by atoms with Crippen LogP contribution in [0.3, 0.4) is 0 Å². The van der Waals surface area contributed by atoms with Crippen LogP contribution in [0.4, 0.5) is 0 Å². The maximum Gasteiger partial charge on any atom is 0.330 e. The van der Waals surface area contributed by atoms with E-state index in [-0.39, 0.29) is 4.92 Å². The highest BCUT2D eigenvalue weighted by atomic mass is 16.6. The Morgan fingerprint density at radius 3 is 3.06 bits per heavy atom. The zero-order valence-electron chi connectivity index (χ0n) is 10.4. The van der Waals surface area contributed by atoms with Gasteiger partial charge in [-0.3, -0.25) is 10.1 Å². The van der Waals surface area contributed by atoms with E-state index in [9.17, 15) is 14.9 Å². The standard InChI is InChI=1S/C12H17NO5/c1-17-11(14)8-9-5-7-18-10-4-2-3-6-12(9,10)13(15)16/h8,10H,2-7H2,1H3/b9-8+/t10-,12+/m1/s1. The molecular weight excluding hydrogens is 238 g/mol. The number of nitro groups is 1. The summed E-state index contributed by atoms with van der Waals surface area (Å²) in [5, 5.41) is 11.5. The minimum atomic E-state index is -1.22. The molecule has 6 nitrogen and oxygen atoms in total. The Labute approximate surface area is 105 Å². The zero-order valence-corrected chi connectivity index (χ0v) is 10.4. The molecule has 0 radical (unpaired) electrons. The highest BCUT2D eigenvalue weighted by Gasteiger charge is 2.57. The van der Waals surface area contributed by atoms with Crippen LogP contribution in [0.2, 0.25) is 0 Å². The van der Waals surface area contributed by atoms with Gasteiger partial charge >= 0.3 is 5.97 Å². The van der Waals surface area contributed by atoms with Gasteiger partial charge in [0, 0.05) is 23.0 Å². The topological polar surface area (TPSA) is 78.7 Å². The van der Waals surface area contributed by atoms with Crippen LogP contribution in [0.15, 0.2) is 11.6 Å². The van der Waals surface area contributed by atoms with E-state index in [1.807, 2.05) is 0 Å². The molecule has 2 rings (SSSR count). The minimum absolute atomic E-state index is 0.273. The molecule has 0 N–H and O–H groups in total. The van der Waals surface area contributed by atoms with Crippen molar-refractivity contribution in [2.75, 3.05) is 13.7 Å². The van der Waals surface area contributed by atoms with Crippen LogP contribution < -0.4 is 0 Å². The molecule has 1 aliphatic heterocycles. The van der Waals surface area contributed by atoms with Gasteiger partial charge in [-0.05, 0) is 19.3 Å². The van der Waals surface area contributed by atoms with Gasteiger partial charge in [0.1, 0.15) is 6.10 Å². The molecule has 0 amide bonds. The molecule has 2 fully saturated rings. The maximum absolute atomic E-state index is 11.5. The summed E-state index contributed by atoms with van der Waals surface area (Å²) in [6.07, 6.45) is 4.14. The molecule has 0 aromatic heterocycles. The SMILES string of the molecule is COC(=O)/C=C1\CCO[C@@H]2CCCC[C@]12[N+](=O)[O-]. The number of hydrogen-bond donors (Lipinski definition) is 0. The fourth-order valence-electron chi connectivity index (χ4n) is 2.96. The number of esters is 1. The van der Waals surface area contributed by atoms with Crippen molar-refractivity contribution in [2.45, 2.75) is 43.7 Å². The van der Waals surface area contributed by atoms with Crippen LogP contribution in [0.5, 0.6) is 0 Å². The first-order valence-electron chi connectivity index (χ1n) is 6.16. The predicted molar refractivity (Wildman–Crippen MR) is 62.6 cm³/mol. The molecule has 0 spiro atoms. The number of methoxy groups -OCH3 is 1. The lowest BCUT2D eigenvalue weighted by molar-refractivity contribution is -0.579. The molecule has 0 bridgehead atoms. The van der Waals surface area contributed by atoms with Crippen molar-refractivity contribution in [3.05, 3.63) is 21.8 Å². The summed E-state index contributed by atoms with van der Waals surface area (Å²) in [7, 11) is 1.27. The second-order valence-electron chi connectivity index (χ2n) is 4.73. The first kappa shape index (κ1) is 13.0. The molecule has 6 heteroatoms. The van der Waals surface area contributed by atoms with E-state index in [2.05, 4.69) is 4.74 Å². The lowest BCUT2D eigenvalue weighted by Crippen LogP contribution is -2.56. The van der Waals surface area contributed by atoms with Crippen LogP contribution in [0, 0.1) is 10.1 Å². The summed E-state index contributed by atoms with van der Waals surface area (Å²) < 4.78 is 10.1. The van der Waals surface area contributed by atoms with Crippen molar-refractivity contribution in [1.29, 1.82) is 0 Å². The van der Waals surface area contributed by atoms with E-state index >= 15 is 0 Å². The fourth-order valence-corrected chi connectivity index (χ4v) is 2.96. The third-order valence-corrected chi connectivity index (χ3v) is 3.87. The Hall–Kier alpha value is -1.43. The molecule has 1 saturated heterocycles. The van der Waals surface area contributed by atoms with Crippen molar-refractivity contribution in [2.24, 2.45) is 0 Å². The van der Waals surface area contributed by atoms with Crippen molar-refractivity contribution in [1.82, 2.24) is 0 Å². The first-order valence-corrected chi connectivity index (χ1v) is 6.16. The monoisotopic (exact) mass is 255 g/mol. The summed E-state index contributed by atoms with van der Waals surface area (Å²) in [6.45, 7) is 0.434. The molecule has 18 heavy (non-hydrogen) atoms.